The predicted molar refractivity (Wildman–Crippen MR) is 61.5 cm³/mol. The van der Waals surface area contributed by atoms with Crippen molar-refractivity contribution in [2.45, 2.75) is 17.1 Å². The van der Waals surface area contributed by atoms with Crippen LogP contribution in [0.3, 0.4) is 0 Å². The fourth-order valence-corrected chi connectivity index (χ4v) is 2.09. The Bertz CT molecular complexity index is 310. The third-order valence-electron chi connectivity index (χ3n) is 1.66. The van der Waals surface area contributed by atoms with Gasteiger partial charge in [-0.2, -0.15) is 0 Å². The summed E-state index contributed by atoms with van der Waals surface area (Å²) in [4.78, 5) is 12.2. The maximum Gasteiger partial charge on any atom is 0.318 e. The molecule has 0 fully saturated rings. The van der Waals surface area contributed by atoms with E-state index in [1.165, 1.54) is 18.9 Å². The zero-order chi connectivity index (χ0) is 10.6. The van der Waals surface area contributed by atoms with Crippen molar-refractivity contribution in [1.82, 2.24) is 0 Å². The smallest absolute Gasteiger partial charge is 0.318 e. The molecule has 1 unspecified atom stereocenters. The number of hydrogen-bond acceptors (Lipinski definition) is 3. The Morgan fingerprint density at radius 1 is 1.43 bits per heavy atom. The van der Waals surface area contributed by atoms with Gasteiger partial charge in [-0.05, 0) is 31.2 Å². The highest BCUT2D eigenvalue weighted by molar-refractivity contribution is 9.10. The van der Waals surface area contributed by atoms with E-state index in [9.17, 15) is 4.79 Å². The molecule has 0 saturated carbocycles. The van der Waals surface area contributed by atoms with Gasteiger partial charge in [0.15, 0.2) is 0 Å². The number of benzene rings is 1. The van der Waals surface area contributed by atoms with Crippen LogP contribution in [0, 0.1) is 0 Å². The summed E-state index contributed by atoms with van der Waals surface area (Å²) < 4.78 is 5.67. The van der Waals surface area contributed by atoms with E-state index in [4.69, 9.17) is 0 Å². The molecule has 0 radical (unpaired) electrons. The van der Waals surface area contributed by atoms with E-state index in [0.29, 0.717) is 0 Å². The van der Waals surface area contributed by atoms with Crippen molar-refractivity contribution >= 4 is 33.7 Å². The maximum atomic E-state index is 11.1. The van der Waals surface area contributed by atoms with Crippen molar-refractivity contribution in [3.05, 3.63) is 28.7 Å². The molecule has 0 aliphatic carbocycles. The number of ether oxygens (including phenoxy) is 1. The molecule has 0 bridgehead atoms. The van der Waals surface area contributed by atoms with Crippen LogP contribution in [0.2, 0.25) is 0 Å². The van der Waals surface area contributed by atoms with Gasteiger partial charge in [-0.1, -0.05) is 15.9 Å². The van der Waals surface area contributed by atoms with Gasteiger partial charge in [0.25, 0.3) is 0 Å². The SMILES string of the molecule is COC(=O)C(C)Sc1ccc(Br)cc1. The van der Waals surface area contributed by atoms with Gasteiger partial charge in [0, 0.05) is 9.37 Å². The summed E-state index contributed by atoms with van der Waals surface area (Å²) in [5, 5.41) is -0.166. The minimum Gasteiger partial charge on any atom is -0.468 e. The number of carbonyl (C=O) groups is 1. The molecular formula is C10H11BrO2S. The molecule has 2 nitrogen and oxygen atoms in total. The first kappa shape index (κ1) is 11.6. The lowest BCUT2D eigenvalue weighted by atomic mass is 10.4. The second kappa shape index (κ2) is 5.41. The fraction of sp³-hybridized carbons (Fsp3) is 0.300. The van der Waals surface area contributed by atoms with E-state index in [1.54, 1.807) is 0 Å². The third kappa shape index (κ3) is 3.35. The molecular weight excluding hydrogens is 264 g/mol. The Morgan fingerprint density at radius 2 is 2.00 bits per heavy atom. The predicted octanol–water partition coefficient (Wildman–Crippen LogP) is 3.10. The Hall–Kier alpha value is -0.480. The van der Waals surface area contributed by atoms with Crippen LogP contribution in [0.5, 0.6) is 0 Å². The molecule has 0 amide bonds. The zero-order valence-electron chi connectivity index (χ0n) is 7.99. The molecule has 1 aromatic carbocycles. The molecule has 14 heavy (non-hydrogen) atoms. The highest BCUT2D eigenvalue weighted by Gasteiger charge is 2.13. The quantitative estimate of drug-likeness (QED) is 0.626. The first-order valence-corrected chi connectivity index (χ1v) is 5.81. The highest BCUT2D eigenvalue weighted by atomic mass is 79.9. The molecule has 0 saturated heterocycles. The lowest BCUT2D eigenvalue weighted by molar-refractivity contribution is -0.139. The summed E-state index contributed by atoms with van der Waals surface area (Å²) in [5.74, 6) is -0.196. The van der Waals surface area contributed by atoms with Crippen LogP contribution >= 0.6 is 27.7 Å². The van der Waals surface area contributed by atoms with Gasteiger partial charge in [0.05, 0.1) is 7.11 Å². The summed E-state index contributed by atoms with van der Waals surface area (Å²) in [6, 6.07) is 7.83. The normalized spacial score (nSPS) is 12.2. The molecule has 1 rings (SSSR count). The van der Waals surface area contributed by atoms with Gasteiger partial charge in [-0.25, -0.2) is 0 Å². The molecule has 0 N–H and O–H groups in total. The molecule has 0 heterocycles. The Balaban J connectivity index is 2.60. The zero-order valence-corrected chi connectivity index (χ0v) is 10.4. The van der Waals surface area contributed by atoms with Gasteiger partial charge in [-0.3, -0.25) is 4.79 Å². The van der Waals surface area contributed by atoms with E-state index >= 15 is 0 Å². The summed E-state index contributed by atoms with van der Waals surface area (Å²) >= 11 is 4.84. The minimum absolute atomic E-state index is 0.166. The Morgan fingerprint density at radius 3 is 2.50 bits per heavy atom. The van der Waals surface area contributed by atoms with E-state index < -0.39 is 0 Å². The van der Waals surface area contributed by atoms with Crippen LogP contribution in [-0.4, -0.2) is 18.3 Å². The number of hydrogen-bond donors (Lipinski definition) is 0. The highest BCUT2D eigenvalue weighted by Crippen LogP contribution is 2.25. The van der Waals surface area contributed by atoms with Gasteiger partial charge in [-0.15, -0.1) is 11.8 Å². The minimum atomic E-state index is -0.196. The van der Waals surface area contributed by atoms with Gasteiger partial charge >= 0.3 is 5.97 Å². The van der Waals surface area contributed by atoms with Crippen LogP contribution in [0.15, 0.2) is 33.6 Å². The van der Waals surface area contributed by atoms with Crippen molar-refractivity contribution in [2.75, 3.05) is 7.11 Å². The molecule has 0 spiro atoms. The molecule has 4 heteroatoms. The van der Waals surface area contributed by atoms with Crippen molar-refractivity contribution in [3.63, 3.8) is 0 Å². The standard InChI is InChI=1S/C10H11BrO2S/c1-7(10(12)13-2)14-9-5-3-8(11)4-6-9/h3-7H,1-2H3. The molecule has 0 aliphatic rings. The van der Waals surface area contributed by atoms with Crippen molar-refractivity contribution in [1.29, 1.82) is 0 Å². The average molecular weight is 275 g/mol. The topological polar surface area (TPSA) is 26.3 Å². The number of thioether (sulfide) groups is 1. The Labute approximate surface area is 96.2 Å². The average Bonchev–Trinajstić information content (AvgIpc) is 2.20. The van der Waals surface area contributed by atoms with E-state index in [0.717, 1.165) is 9.37 Å². The molecule has 76 valence electrons. The van der Waals surface area contributed by atoms with Gasteiger partial charge in [0.2, 0.25) is 0 Å². The second-order valence-electron chi connectivity index (χ2n) is 2.74. The lowest BCUT2D eigenvalue weighted by Gasteiger charge is -2.08. The first-order chi connectivity index (χ1) is 6.63. The second-order valence-corrected chi connectivity index (χ2v) is 5.07. The summed E-state index contributed by atoms with van der Waals surface area (Å²) in [6.07, 6.45) is 0. The van der Waals surface area contributed by atoms with Crippen molar-refractivity contribution in [3.8, 4) is 0 Å². The number of methoxy groups -OCH3 is 1. The largest absolute Gasteiger partial charge is 0.468 e. The van der Waals surface area contributed by atoms with Crippen LogP contribution in [0.25, 0.3) is 0 Å². The summed E-state index contributed by atoms with van der Waals surface area (Å²) in [7, 11) is 1.40. The molecule has 0 aromatic heterocycles. The number of halogens is 1. The van der Waals surface area contributed by atoms with Crippen molar-refractivity contribution in [2.24, 2.45) is 0 Å². The van der Waals surface area contributed by atoms with Crippen molar-refractivity contribution < 1.29 is 9.53 Å². The van der Waals surface area contributed by atoms with E-state index in [1.807, 2.05) is 31.2 Å². The Kier molecular flexibility index (Phi) is 4.48. The number of rotatable bonds is 3. The molecule has 0 aliphatic heterocycles. The number of esters is 1. The summed E-state index contributed by atoms with van der Waals surface area (Å²) in [5.41, 5.74) is 0. The third-order valence-corrected chi connectivity index (χ3v) is 3.28. The monoisotopic (exact) mass is 274 g/mol. The van der Waals surface area contributed by atoms with Crippen LogP contribution in [0.1, 0.15) is 6.92 Å². The van der Waals surface area contributed by atoms with E-state index in [2.05, 4.69) is 20.7 Å². The van der Waals surface area contributed by atoms with Crippen LogP contribution in [0.4, 0.5) is 0 Å². The van der Waals surface area contributed by atoms with Gasteiger partial charge < -0.3 is 4.74 Å². The molecule has 1 aromatic rings. The van der Waals surface area contributed by atoms with Crippen LogP contribution in [-0.2, 0) is 9.53 Å². The summed E-state index contributed by atoms with van der Waals surface area (Å²) in [6.45, 7) is 1.83. The first-order valence-electron chi connectivity index (χ1n) is 4.13. The lowest BCUT2D eigenvalue weighted by Crippen LogP contribution is -2.14. The maximum absolute atomic E-state index is 11.1. The van der Waals surface area contributed by atoms with Gasteiger partial charge in [0.1, 0.15) is 5.25 Å². The molecule has 1 atom stereocenters. The van der Waals surface area contributed by atoms with E-state index in [-0.39, 0.29) is 11.2 Å². The fourth-order valence-electron chi connectivity index (χ4n) is 0.931. The van der Waals surface area contributed by atoms with Crippen LogP contribution < -0.4 is 0 Å². The number of carbonyl (C=O) groups excluding carboxylic acids is 1.